The molecule has 7 nitrogen and oxygen atoms in total. The summed E-state index contributed by atoms with van der Waals surface area (Å²) in [7, 11) is 0. The van der Waals surface area contributed by atoms with E-state index in [1.165, 1.54) is 23.9 Å². The number of thioether (sulfide) groups is 1. The van der Waals surface area contributed by atoms with Gasteiger partial charge in [0.25, 0.3) is 11.6 Å². The standard InChI is InChI=1S/C23H20N4O3S2/c1-3-15(2)26-22(28)20(32-23(26)31)13-17-14-25(18-9-5-4-6-10-18)24-21(17)16-8-7-11-19(12-16)27(29)30/h4-15H,3H2,1-2H3/b20-13+. The van der Waals surface area contributed by atoms with Gasteiger partial charge in [-0.05, 0) is 31.6 Å². The Bertz CT molecular complexity index is 1240. The number of nitro groups is 1. The van der Waals surface area contributed by atoms with Crippen LogP contribution in [0, 0.1) is 10.1 Å². The lowest BCUT2D eigenvalue weighted by atomic mass is 10.1. The number of benzene rings is 2. The van der Waals surface area contributed by atoms with Gasteiger partial charge >= 0.3 is 0 Å². The molecule has 0 N–H and O–H groups in total. The molecule has 1 unspecified atom stereocenters. The Labute approximate surface area is 194 Å². The van der Waals surface area contributed by atoms with Crippen LogP contribution in [0.15, 0.2) is 65.7 Å². The minimum absolute atomic E-state index is 0.0108. The first kappa shape index (κ1) is 21.9. The average Bonchev–Trinajstić information content (AvgIpc) is 3.34. The number of para-hydroxylation sites is 1. The smallest absolute Gasteiger partial charge is 0.270 e. The van der Waals surface area contributed by atoms with Crippen molar-refractivity contribution >= 4 is 46.0 Å². The fourth-order valence-electron chi connectivity index (χ4n) is 3.38. The highest BCUT2D eigenvalue weighted by Gasteiger charge is 2.35. The second-order valence-electron chi connectivity index (χ2n) is 7.33. The second kappa shape index (κ2) is 9.05. The maximum absolute atomic E-state index is 13.0. The van der Waals surface area contributed by atoms with Crippen molar-refractivity contribution in [1.29, 1.82) is 0 Å². The molecule has 1 fully saturated rings. The van der Waals surface area contributed by atoms with Crippen LogP contribution < -0.4 is 0 Å². The lowest BCUT2D eigenvalue weighted by Crippen LogP contribution is -2.36. The summed E-state index contributed by atoms with van der Waals surface area (Å²) in [6.07, 6.45) is 4.38. The van der Waals surface area contributed by atoms with Crippen molar-refractivity contribution < 1.29 is 9.72 Å². The third-order valence-corrected chi connectivity index (χ3v) is 6.57. The first-order chi connectivity index (χ1) is 15.4. The van der Waals surface area contributed by atoms with E-state index in [9.17, 15) is 14.9 Å². The molecule has 3 aromatic rings. The molecule has 0 bridgehead atoms. The van der Waals surface area contributed by atoms with Crippen LogP contribution in [0.2, 0.25) is 0 Å². The maximum Gasteiger partial charge on any atom is 0.270 e. The number of nitro benzene ring substituents is 1. The number of carbonyl (C=O) groups is 1. The molecule has 1 saturated heterocycles. The van der Waals surface area contributed by atoms with Gasteiger partial charge in [-0.3, -0.25) is 19.8 Å². The molecule has 0 aliphatic carbocycles. The van der Waals surface area contributed by atoms with Crippen LogP contribution >= 0.6 is 24.0 Å². The molecule has 0 saturated carbocycles. The Hall–Kier alpha value is -3.30. The predicted octanol–water partition coefficient (Wildman–Crippen LogP) is 5.45. The van der Waals surface area contributed by atoms with Crippen LogP contribution in [-0.4, -0.2) is 35.9 Å². The Morgan fingerprint density at radius 3 is 2.66 bits per heavy atom. The molecule has 0 radical (unpaired) electrons. The number of hydrogen-bond donors (Lipinski definition) is 0. The zero-order valence-electron chi connectivity index (χ0n) is 17.5. The Balaban J connectivity index is 1.83. The van der Waals surface area contributed by atoms with Crippen LogP contribution in [0.1, 0.15) is 25.8 Å². The first-order valence-corrected chi connectivity index (χ1v) is 11.3. The van der Waals surface area contributed by atoms with Crippen LogP contribution in [0.4, 0.5) is 5.69 Å². The summed E-state index contributed by atoms with van der Waals surface area (Å²) >= 11 is 6.70. The SMILES string of the molecule is CCC(C)N1C(=O)/C(=C\c2cn(-c3ccccc3)nc2-c2cccc([N+](=O)[O-])c2)SC1=S. The molecule has 9 heteroatoms. The van der Waals surface area contributed by atoms with E-state index >= 15 is 0 Å². The zero-order valence-corrected chi connectivity index (χ0v) is 19.1. The number of nitrogens with zero attached hydrogens (tertiary/aromatic N) is 4. The van der Waals surface area contributed by atoms with Gasteiger partial charge in [-0.2, -0.15) is 5.10 Å². The van der Waals surface area contributed by atoms with Crippen LogP contribution in [-0.2, 0) is 4.79 Å². The van der Waals surface area contributed by atoms with Gasteiger partial charge < -0.3 is 0 Å². The third-order valence-electron chi connectivity index (χ3n) is 5.24. The molecule has 2 aromatic carbocycles. The van der Waals surface area contributed by atoms with E-state index in [0.29, 0.717) is 26.0 Å². The molecule has 1 aliphatic rings. The number of rotatable bonds is 6. The van der Waals surface area contributed by atoms with E-state index in [1.54, 1.807) is 27.8 Å². The number of carbonyl (C=O) groups excluding carboxylic acids is 1. The Kier molecular flexibility index (Phi) is 6.20. The Morgan fingerprint density at radius 1 is 1.22 bits per heavy atom. The number of aromatic nitrogens is 2. The molecule has 1 amide bonds. The summed E-state index contributed by atoms with van der Waals surface area (Å²) in [4.78, 5) is 26.0. The van der Waals surface area contributed by atoms with Crippen molar-refractivity contribution in [2.75, 3.05) is 0 Å². The van der Waals surface area contributed by atoms with Gasteiger partial charge in [0.15, 0.2) is 0 Å². The maximum atomic E-state index is 13.0. The van der Waals surface area contributed by atoms with Crippen molar-refractivity contribution in [1.82, 2.24) is 14.7 Å². The second-order valence-corrected chi connectivity index (χ2v) is 9.01. The highest BCUT2D eigenvalue weighted by Crippen LogP contribution is 2.36. The lowest BCUT2D eigenvalue weighted by molar-refractivity contribution is -0.384. The molecule has 4 rings (SSSR count). The minimum atomic E-state index is -0.436. The van der Waals surface area contributed by atoms with Crippen LogP contribution in [0.3, 0.4) is 0 Å². The number of thiocarbonyl (C=S) groups is 1. The first-order valence-electron chi connectivity index (χ1n) is 10.1. The predicted molar refractivity (Wildman–Crippen MR) is 130 cm³/mol. The van der Waals surface area contributed by atoms with Gasteiger partial charge in [-0.15, -0.1) is 0 Å². The molecular formula is C23H20N4O3S2. The van der Waals surface area contributed by atoms with Gasteiger partial charge in [0, 0.05) is 35.5 Å². The number of non-ortho nitro benzene ring substituents is 1. The molecule has 1 atom stereocenters. The van der Waals surface area contributed by atoms with Gasteiger partial charge in [0.05, 0.1) is 15.5 Å². The van der Waals surface area contributed by atoms with Crippen LogP contribution in [0.25, 0.3) is 23.0 Å². The van der Waals surface area contributed by atoms with Crippen molar-refractivity contribution in [3.63, 3.8) is 0 Å². The topological polar surface area (TPSA) is 81.3 Å². The molecule has 0 spiro atoms. The van der Waals surface area contributed by atoms with Crippen molar-refractivity contribution in [2.24, 2.45) is 0 Å². The fourth-order valence-corrected chi connectivity index (χ4v) is 4.83. The summed E-state index contributed by atoms with van der Waals surface area (Å²) < 4.78 is 2.23. The van der Waals surface area contributed by atoms with Gasteiger partial charge in [0.1, 0.15) is 10.0 Å². The average molecular weight is 465 g/mol. The summed E-state index contributed by atoms with van der Waals surface area (Å²) in [5.74, 6) is -0.133. The molecule has 1 aromatic heterocycles. The van der Waals surface area contributed by atoms with Crippen molar-refractivity contribution in [2.45, 2.75) is 26.3 Å². The van der Waals surface area contributed by atoms with E-state index < -0.39 is 4.92 Å². The summed E-state index contributed by atoms with van der Waals surface area (Å²) in [6, 6.07) is 15.9. The Morgan fingerprint density at radius 2 is 1.97 bits per heavy atom. The number of hydrogen-bond acceptors (Lipinski definition) is 6. The highest BCUT2D eigenvalue weighted by molar-refractivity contribution is 8.26. The minimum Gasteiger partial charge on any atom is -0.290 e. The molecule has 162 valence electrons. The normalized spacial score (nSPS) is 16.1. The zero-order chi connectivity index (χ0) is 22.8. The van der Waals surface area contributed by atoms with Crippen molar-refractivity contribution in [3.05, 3.63) is 81.4 Å². The molecule has 2 heterocycles. The van der Waals surface area contributed by atoms with E-state index in [-0.39, 0.29) is 17.6 Å². The highest BCUT2D eigenvalue weighted by atomic mass is 32.2. The fraction of sp³-hybridized carbons (Fsp3) is 0.174. The molecule has 32 heavy (non-hydrogen) atoms. The monoisotopic (exact) mass is 464 g/mol. The van der Waals surface area contributed by atoms with Gasteiger partial charge in [-0.1, -0.05) is 61.2 Å². The largest absolute Gasteiger partial charge is 0.290 e. The van der Waals surface area contributed by atoms with E-state index in [1.807, 2.05) is 50.4 Å². The van der Waals surface area contributed by atoms with Crippen molar-refractivity contribution in [3.8, 4) is 16.9 Å². The van der Waals surface area contributed by atoms with E-state index in [4.69, 9.17) is 17.3 Å². The summed E-state index contributed by atoms with van der Waals surface area (Å²) in [5.41, 5.74) is 2.64. The quantitative estimate of drug-likeness (QED) is 0.209. The van der Waals surface area contributed by atoms with Gasteiger partial charge in [-0.25, -0.2) is 4.68 Å². The van der Waals surface area contributed by atoms with Crippen LogP contribution in [0.5, 0.6) is 0 Å². The third kappa shape index (κ3) is 4.21. The lowest BCUT2D eigenvalue weighted by Gasteiger charge is -2.21. The van der Waals surface area contributed by atoms with E-state index in [2.05, 4.69) is 0 Å². The van der Waals surface area contributed by atoms with E-state index in [0.717, 1.165) is 12.1 Å². The summed E-state index contributed by atoms with van der Waals surface area (Å²) in [5, 5.41) is 16.0. The van der Waals surface area contributed by atoms with Gasteiger partial charge in [0.2, 0.25) is 0 Å². The summed E-state index contributed by atoms with van der Waals surface area (Å²) in [6.45, 7) is 3.98. The molecule has 1 aliphatic heterocycles. The number of amides is 1. The molecular weight excluding hydrogens is 444 g/mol.